The van der Waals surface area contributed by atoms with E-state index in [0.717, 1.165) is 0 Å². The maximum Gasteiger partial charge on any atom is 0.0136 e. The quantitative estimate of drug-likeness (QED) is 0.664. The van der Waals surface area contributed by atoms with Gasteiger partial charge in [-0.05, 0) is 47.2 Å². The Morgan fingerprint density at radius 3 is 2.80 bits per heavy atom. The van der Waals surface area contributed by atoms with Crippen molar-refractivity contribution in [1.29, 1.82) is 0 Å². The van der Waals surface area contributed by atoms with Gasteiger partial charge in [0.15, 0.2) is 0 Å². The molecule has 52 valence electrons. The van der Waals surface area contributed by atoms with Gasteiger partial charge in [0, 0.05) is 3.57 Å². The smallest absolute Gasteiger partial charge is 0.0136 e. The third-order valence-electron chi connectivity index (χ3n) is 1.21. The molecule has 0 aliphatic carbocycles. The molecule has 0 unspecified atom stereocenters. The number of rotatable bonds is 1. The molecule has 1 rings (SSSR count). The van der Waals surface area contributed by atoms with Crippen LogP contribution in [0.15, 0.2) is 30.3 Å². The maximum atomic E-state index is 2.31. The van der Waals surface area contributed by atoms with Crippen molar-refractivity contribution in [2.24, 2.45) is 0 Å². The van der Waals surface area contributed by atoms with Crippen LogP contribution in [0.5, 0.6) is 0 Å². The third-order valence-corrected chi connectivity index (χ3v) is 1.88. The number of halogens is 1. The van der Waals surface area contributed by atoms with Gasteiger partial charge in [-0.15, -0.1) is 0 Å². The fourth-order valence-electron chi connectivity index (χ4n) is 0.803. The lowest BCUT2D eigenvalue weighted by Crippen LogP contribution is -1.72. The van der Waals surface area contributed by atoms with E-state index in [1.54, 1.807) is 0 Å². The van der Waals surface area contributed by atoms with Gasteiger partial charge in [0.05, 0.1) is 0 Å². The second-order valence-corrected chi connectivity index (χ2v) is 3.30. The topological polar surface area (TPSA) is 0 Å². The maximum absolute atomic E-state index is 2.31. The zero-order chi connectivity index (χ0) is 7.40. The average Bonchev–Trinajstić information content (AvgIpc) is 1.88. The molecule has 0 aliphatic heterocycles. The molecule has 10 heavy (non-hydrogen) atoms. The minimum absolute atomic E-state index is 1.27. The van der Waals surface area contributed by atoms with Gasteiger partial charge in [-0.2, -0.15) is 0 Å². The van der Waals surface area contributed by atoms with Crippen LogP contribution in [0.4, 0.5) is 0 Å². The highest BCUT2D eigenvalue weighted by atomic mass is 127. The van der Waals surface area contributed by atoms with Crippen molar-refractivity contribution in [2.45, 2.75) is 6.92 Å². The summed E-state index contributed by atoms with van der Waals surface area (Å²) in [6, 6.07) is 8.41. The predicted octanol–water partition coefficient (Wildman–Crippen LogP) is 3.32. The first-order chi connectivity index (χ1) is 4.83. The highest BCUT2D eigenvalue weighted by Gasteiger charge is 1.85. The fourth-order valence-corrected chi connectivity index (χ4v) is 1.37. The lowest BCUT2D eigenvalue weighted by molar-refractivity contribution is 1.60. The van der Waals surface area contributed by atoms with E-state index >= 15 is 0 Å². The Morgan fingerprint density at radius 1 is 1.40 bits per heavy atom. The minimum atomic E-state index is 1.27. The van der Waals surface area contributed by atoms with Crippen molar-refractivity contribution in [2.75, 3.05) is 0 Å². The SMILES string of the molecule is C/C=C/c1cccc(I)c1. The zero-order valence-corrected chi connectivity index (χ0v) is 8.00. The van der Waals surface area contributed by atoms with Crippen LogP contribution in [0.25, 0.3) is 6.08 Å². The largest absolute Gasteiger partial charge is 0.0871 e. The summed E-state index contributed by atoms with van der Waals surface area (Å²) >= 11 is 2.31. The van der Waals surface area contributed by atoms with Crippen LogP contribution >= 0.6 is 22.6 Å². The molecule has 0 saturated carbocycles. The van der Waals surface area contributed by atoms with E-state index in [-0.39, 0.29) is 0 Å². The van der Waals surface area contributed by atoms with Crippen LogP contribution in [-0.2, 0) is 0 Å². The molecule has 1 aromatic rings. The van der Waals surface area contributed by atoms with Crippen molar-refractivity contribution in [3.8, 4) is 0 Å². The molecule has 0 heterocycles. The molecule has 0 nitrogen and oxygen atoms in total. The van der Waals surface area contributed by atoms with Crippen molar-refractivity contribution >= 4 is 28.7 Å². The third kappa shape index (κ3) is 2.14. The van der Waals surface area contributed by atoms with E-state index in [4.69, 9.17) is 0 Å². The minimum Gasteiger partial charge on any atom is -0.0871 e. The van der Waals surface area contributed by atoms with Crippen LogP contribution in [0.3, 0.4) is 0 Å². The summed E-state index contributed by atoms with van der Waals surface area (Å²) < 4.78 is 1.29. The van der Waals surface area contributed by atoms with Crippen LogP contribution in [0.2, 0.25) is 0 Å². The molecular formula is C9H9I. The normalized spacial score (nSPS) is 10.6. The van der Waals surface area contributed by atoms with E-state index in [1.165, 1.54) is 9.13 Å². The summed E-state index contributed by atoms with van der Waals surface area (Å²) in [5.74, 6) is 0. The molecular weight excluding hydrogens is 235 g/mol. The molecule has 1 aromatic carbocycles. The van der Waals surface area contributed by atoms with Gasteiger partial charge in [-0.1, -0.05) is 24.3 Å². The Bertz CT molecular complexity index is 238. The molecule has 0 aromatic heterocycles. The van der Waals surface area contributed by atoms with Gasteiger partial charge in [0.2, 0.25) is 0 Å². The van der Waals surface area contributed by atoms with Gasteiger partial charge in [0.1, 0.15) is 0 Å². The molecule has 0 aliphatic rings. The summed E-state index contributed by atoms with van der Waals surface area (Å²) in [5, 5.41) is 0. The van der Waals surface area contributed by atoms with E-state index in [0.29, 0.717) is 0 Å². The standard InChI is InChI=1S/C9H9I/c1-2-4-8-5-3-6-9(10)7-8/h2-7H,1H3/b4-2+. The predicted molar refractivity (Wildman–Crippen MR) is 53.9 cm³/mol. The summed E-state index contributed by atoms with van der Waals surface area (Å²) in [4.78, 5) is 0. The lowest BCUT2D eigenvalue weighted by atomic mass is 10.2. The van der Waals surface area contributed by atoms with E-state index < -0.39 is 0 Å². The monoisotopic (exact) mass is 244 g/mol. The highest BCUT2D eigenvalue weighted by Crippen LogP contribution is 2.08. The molecule has 0 radical (unpaired) electrons. The van der Waals surface area contributed by atoms with E-state index in [9.17, 15) is 0 Å². The number of benzene rings is 1. The molecule has 0 N–H and O–H groups in total. The average molecular weight is 244 g/mol. The molecule has 0 atom stereocenters. The molecule has 0 spiro atoms. The van der Waals surface area contributed by atoms with Crippen LogP contribution in [-0.4, -0.2) is 0 Å². The van der Waals surface area contributed by atoms with E-state index in [1.807, 2.05) is 13.0 Å². The Balaban J connectivity index is 2.95. The summed E-state index contributed by atoms with van der Waals surface area (Å²) in [6.45, 7) is 2.03. The van der Waals surface area contributed by atoms with Gasteiger partial charge in [-0.3, -0.25) is 0 Å². The molecule has 0 amide bonds. The Kier molecular flexibility index (Phi) is 2.93. The summed E-state index contributed by atoms with van der Waals surface area (Å²) in [5.41, 5.74) is 1.27. The van der Waals surface area contributed by atoms with Crippen molar-refractivity contribution < 1.29 is 0 Å². The second kappa shape index (κ2) is 3.76. The van der Waals surface area contributed by atoms with Crippen molar-refractivity contribution in [3.63, 3.8) is 0 Å². The Morgan fingerprint density at radius 2 is 2.20 bits per heavy atom. The first-order valence-electron chi connectivity index (χ1n) is 3.21. The van der Waals surface area contributed by atoms with Gasteiger partial charge in [0.25, 0.3) is 0 Å². The number of hydrogen-bond donors (Lipinski definition) is 0. The van der Waals surface area contributed by atoms with Gasteiger partial charge >= 0.3 is 0 Å². The molecule has 1 heteroatoms. The van der Waals surface area contributed by atoms with Crippen LogP contribution in [0.1, 0.15) is 12.5 Å². The second-order valence-electron chi connectivity index (χ2n) is 2.06. The van der Waals surface area contributed by atoms with Crippen LogP contribution < -0.4 is 0 Å². The number of allylic oxidation sites excluding steroid dienone is 1. The van der Waals surface area contributed by atoms with Crippen molar-refractivity contribution in [3.05, 3.63) is 39.5 Å². The Labute approximate surface area is 75.1 Å². The molecule has 0 bridgehead atoms. The first-order valence-corrected chi connectivity index (χ1v) is 4.29. The summed E-state index contributed by atoms with van der Waals surface area (Å²) in [6.07, 6.45) is 4.15. The Hall–Kier alpha value is -0.310. The van der Waals surface area contributed by atoms with Gasteiger partial charge in [-0.25, -0.2) is 0 Å². The summed E-state index contributed by atoms with van der Waals surface area (Å²) in [7, 11) is 0. The zero-order valence-electron chi connectivity index (χ0n) is 5.84. The van der Waals surface area contributed by atoms with E-state index in [2.05, 4.69) is 52.9 Å². The molecule has 0 fully saturated rings. The first kappa shape index (κ1) is 7.79. The highest BCUT2D eigenvalue weighted by molar-refractivity contribution is 14.1. The number of hydrogen-bond acceptors (Lipinski definition) is 0. The van der Waals surface area contributed by atoms with Crippen molar-refractivity contribution in [1.82, 2.24) is 0 Å². The lowest BCUT2D eigenvalue weighted by Gasteiger charge is -1.91. The van der Waals surface area contributed by atoms with Crippen LogP contribution in [0, 0.1) is 3.57 Å². The van der Waals surface area contributed by atoms with Gasteiger partial charge < -0.3 is 0 Å². The fraction of sp³-hybridized carbons (Fsp3) is 0.111. The molecule has 0 saturated heterocycles.